The van der Waals surface area contributed by atoms with E-state index in [0.717, 1.165) is 57.0 Å². The van der Waals surface area contributed by atoms with Gasteiger partial charge in [0.2, 0.25) is 0 Å². The number of ether oxygens (including phenoxy) is 1. The summed E-state index contributed by atoms with van der Waals surface area (Å²) < 4.78 is 7.94. The first-order valence-corrected chi connectivity index (χ1v) is 13.1. The lowest BCUT2D eigenvalue weighted by molar-refractivity contribution is -0.143. The zero-order chi connectivity index (χ0) is 22.9. The molecule has 1 N–H and O–H groups in total. The molecular weight excluding hydrogens is 513 g/mol. The number of piperidine rings is 1. The van der Waals surface area contributed by atoms with Crippen molar-refractivity contribution in [3.8, 4) is 5.75 Å². The number of carbonyl (C=O) groups is 1. The third-order valence-electron chi connectivity index (χ3n) is 7.58. The van der Waals surface area contributed by atoms with Crippen molar-refractivity contribution >= 4 is 39.3 Å². The highest BCUT2D eigenvalue weighted by atomic mass is 127. The van der Waals surface area contributed by atoms with Crippen LogP contribution in [0.5, 0.6) is 5.75 Å². The van der Waals surface area contributed by atoms with Crippen LogP contribution in [0.15, 0.2) is 30.3 Å². The second-order valence-corrected chi connectivity index (χ2v) is 11.9. The molecule has 4 nitrogen and oxygen atoms in total. The largest absolute Gasteiger partial charge is 0.490 e. The highest BCUT2D eigenvalue weighted by Gasteiger charge is 2.31. The van der Waals surface area contributed by atoms with Crippen molar-refractivity contribution in [1.29, 1.82) is 0 Å². The molecule has 0 amide bonds. The minimum atomic E-state index is -0.653. The fourth-order valence-corrected chi connectivity index (χ4v) is 6.18. The van der Waals surface area contributed by atoms with Gasteiger partial charge in [-0.05, 0) is 102 Å². The Kier molecular flexibility index (Phi) is 7.35. The molecule has 0 spiro atoms. The first-order chi connectivity index (χ1) is 15.2. The maximum absolute atomic E-state index is 11.4. The summed E-state index contributed by atoms with van der Waals surface area (Å²) >= 11 is 2.43. The number of aliphatic carboxylic acids is 1. The zero-order valence-electron chi connectivity index (χ0n) is 19.6. The van der Waals surface area contributed by atoms with Crippen LogP contribution in [0, 0.1) is 20.8 Å². The van der Waals surface area contributed by atoms with Crippen LogP contribution in [0.1, 0.15) is 64.9 Å². The van der Waals surface area contributed by atoms with Gasteiger partial charge in [-0.2, -0.15) is 0 Å². The Morgan fingerprint density at radius 2 is 1.69 bits per heavy atom. The molecule has 2 fully saturated rings. The number of carboxylic acid groups (broad SMARTS) is 1. The number of fused-ring (bicyclic) bond motifs is 1. The van der Waals surface area contributed by atoms with Crippen LogP contribution in [0.3, 0.4) is 0 Å². The molecule has 2 aliphatic rings. The SMILES string of the molecule is CC(C)(C)C1CCC(Oc2cc(I)c3ccccc3c2CN2CCC(C(=O)O)CC2)CC1. The van der Waals surface area contributed by atoms with Gasteiger partial charge in [-0.15, -0.1) is 0 Å². The van der Waals surface area contributed by atoms with E-state index in [0.29, 0.717) is 5.41 Å². The summed E-state index contributed by atoms with van der Waals surface area (Å²) in [6, 6.07) is 10.8. The number of halogens is 1. The lowest BCUT2D eigenvalue weighted by Gasteiger charge is -2.37. The second kappa shape index (κ2) is 9.88. The predicted molar refractivity (Wildman–Crippen MR) is 138 cm³/mol. The molecule has 4 rings (SSSR count). The number of hydrogen-bond donors (Lipinski definition) is 1. The summed E-state index contributed by atoms with van der Waals surface area (Å²) in [5, 5.41) is 11.9. The molecule has 1 aliphatic carbocycles. The van der Waals surface area contributed by atoms with E-state index < -0.39 is 5.97 Å². The number of hydrogen-bond acceptors (Lipinski definition) is 3. The molecule has 2 aromatic carbocycles. The van der Waals surface area contributed by atoms with E-state index in [9.17, 15) is 9.90 Å². The molecule has 32 heavy (non-hydrogen) atoms. The summed E-state index contributed by atoms with van der Waals surface area (Å²) in [5.74, 6) is 0.939. The van der Waals surface area contributed by atoms with Gasteiger partial charge in [0.15, 0.2) is 0 Å². The zero-order valence-corrected chi connectivity index (χ0v) is 21.7. The Morgan fingerprint density at radius 1 is 1.06 bits per heavy atom. The maximum atomic E-state index is 11.4. The summed E-state index contributed by atoms with van der Waals surface area (Å²) in [6.07, 6.45) is 6.44. The smallest absolute Gasteiger partial charge is 0.306 e. The number of likely N-dealkylation sites (tertiary alicyclic amines) is 1. The molecule has 0 unspecified atom stereocenters. The molecule has 0 bridgehead atoms. The number of rotatable bonds is 5. The Balaban J connectivity index is 1.55. The van der Waals surface area contributed by atoms with E-state index in [1.165, 1.54) is 32.7 Å². The highest BCUT2D eigenvalue weighted by molar-refractivity contribution is 14.1. The van der Waals surface area contributed by atoms with Crippen molar-refractivity contribution in [2.45, 2.75) is 71.9 Å². The molecule has 1 saturated carbocycles. The maximum Gasteiger partial charge on any atom is 0.306 e. The van der Waals surface area contributed by atoms with Crippen molar-refractivity contribution < 1.29 is 14.6 Å². The molecule has 0 atom stereocenters. The molecule has 2 aromatic rings. The van der Waals surface area contributed by atoms with Crippen LogP contribution in [-0.2, 0) is 11.3 Å². The van der Waals surface area contributed by atoms with Gasteiger partial charge in [0.05, 0.1) is 12.0 Å². The number of carboxylic acids is 1. The van der Waals surface area contributed by atoms with Gasteiger partial charge in [-0.3, -0.25) is 9.69 Å². The highest BCUT2D eigenvalue weighted by Crippen LogP contribution is 2.40. The van der Waals surface area contributed by atoms with Crippen LogP contribution >= 0.6 is 22.6 Å². The van der Waals surface area contributed by atoms with Crippen molar-refractivity contribution in [2.24, 2.45) is 17.3 Å². The molecule has 0 radical (unpaired) electrons. The van der Waals surface area contributed by atoms with Crippen LogP contribution in [0.2, 0.25) is 0 Å². The third kappa shape index (κ3) is 5.41. The Bertz CT molecular complexity index is 951. The van der Waals surface area contributed by atoms with Gasteiger partial charge in [0.25, 0.3) is 0 Å². The first kappa shape index (κ1) is 23.8. The standard InChI is InChI=1S/C27H36INO3/c1-27(2,3)19-8-10-20(11-9-19)32-25-16-24(28)22-7-5-4-6-21(22)23(25)17-29-14-12-18(13-15-29)26(30)31/h4-7,16,18-20H,8-15,17H2,1-3H3,(H,30,31). The monoisotopic (exact) mass is 549 g/mol. The molecule has 174 valence electrons. The third-order valence-corrected chi connectivity index (χ3v) is 8.47. The van der Waals surface area contributed by atoms with Gasteiger partial charge in [-0.25, -0.2) is 0 Å². The number of nitrogens with zero attached hydrogens (tertiary/aromatic N) is 1. The fraction of sp³-hybridized carbons (Fsp3) is 0.593. The summed E-state index contributed by atoms with van der Waals surface area (Å²) in [5.41, 5.74) is 1.63. The van der Waals surface area contributed by atoms with E-state index in [2.05, 4.69) is 78.6 Å². The van der Waals surface area contributed by atoms with Crippen LogP contribution in [-0.4, -0.2) is 35.2 Å². The summed E-state index contributed by atoms with van der Waals surface area (Å²) in [4.78, 5) is 13.8. The van der Waals surface area contributed by atoms with Gasteiger partial charge >= 0.3 is 5.97 Å². The van der Waals surface area contributed by atoms with E-state index in [1.807, 2.05) is 0 Å². The molecular formula is C27H36INO3. The topological polar surface area (TPSA) is 49.8 Å². The molecule has 1 aliphatic heterocycles. The summed E-state index contributed by atoms with van der Waals surface area (Å²) in [7, 11) is 0. The van der Waals surface area contributed by atoms with Gasteiger partial charge in [-0.1, -0.05) is 45.0 Å². The van der Waals surface area contributed by atoms with E-state index in [1.54, 1.807) is 0 Å². The summed E-state index contributed by atoms with van der Waals surface area (Å²) in [6.45, 7) is 9.54. The Hall–Kier alpha value is -1.34. The molecule has 0 aromatic heterocycles. The average molecular weight is 549 g/mol. The lowest BCUT2D eigenvalue weighted by Crippen LogP contribution is -2.36. The average Bonchev–Trinajstić information content (AvgIpc) is 2.76. The van der Waals surface area contributed by atoms with E-state index in [-0.39, 0.29) is 12.0 Å². The van der Waals surface area contributed by atoms with E-state index in [4.69, 9.17) is 4.74 Å². The van der Waals surface area contributed by atoms with Crippen LogP contribution < -0.4 is 4.74 Å². The van der Waals surface area contributed by atoms with Crippen molar-refractivity contribution in [3.05, 3.63) is 39.5 Å². The first-order valence-electron chi connectivity index (χ1n) is 12.0. The number of benzene rings is 2. The van der Waals surface area contributed by atoms with Crippen LogP contribution in [0.25, 0.3) is 10.8 Å². The Labute approximate surface area is 205 Å². The minimum Gasteiger partial charge on any atom is -0.490 e. The molecule has 5 heteroatoms. The van der Waals surface area contributed by atoms with E-state index >= 15 is 0 Å². The van der Waals surface area contributed by atoms with Crippen molar-refractivity contribution in [3.63, 3.8) is 0 Å². The second-order valence-electron chi connectivity index (χ2n) is 10.7. The normalized spacial score (nSPS) is 23.4. The van der Waals surface area contributed by atoms with Crippen molar-refractivity contribution in [1.82, 2.24) is 4.90 Å². The van der Waals surface area contributed by atoms with Gasteiger partial charge in [0.1, 0.15) is 5.75 Å². The fourth-order valence-electron chi connectivity index (χ4n) is 5.42. The van der Waals surface area contributed by atoms with Crippen molar-refractivity contribution in [2.75, 3.05) is 13.1 Å². The molecule has 1 saturated heterocycles. The van der Waals surface area contributed by atoms with Gasteiger partial charge < -0.3 is 9.84 Å². The predicted octanol–water partition coefficient (Wildman–Crippen LogP) is 6.72. The quantitative estimate of drug-likeness (QED) is 0.421. The van der Waals surface area contributed by atoms with Crippen LogP contribution in [0.4, 0.5) is 0 Å². The lowest BCUT2D eigenvalue weighted by atomic mass is 9.72. The minimum absolute atomic E-state index is 0.201. The Morgan fingerprint density at radius 3 is 2.28 bits per heavy atom. The molecule has 1 heterocycles. The van der Waals surface area contributed by atoms with Gasteiger partial charge in [0, 0.05) is 15.7 Å².